The van der Waals surface area contributed by atoms with Gasteiger partial charge < -0.3 is 0 Å². The van der Waals surface area contributed by atoms with Gasteiger partial charge in [0.15, 0.2) is 0 Å². The van der Waals surface area contributed by atoms with Gasteiger partial charge in [-0.25, -0.2) is 0 Å². The van der Waals surface area contributed by atoms with E-state index in [0.717, 1.165) is 32.1 Å². The standard InChI is InChI=1S/C15H26O/c16-15-13-11-9-7-5-3-1-2-4-6-8-10-12-14-15/h5,7H,1-4,6,8-14H2. The third kappa shape index (κ3) is 7.67. The third-order valence-corrected chi connectivity index (χ3v) is 3.32. The zero-order chi connectivity index (χ0) is 11.5. The summed E-state index contributed by atoms with van der Waals surface area (Å²) in [6.45, 7) is 0. The molecule has 0 aromatic carbocycles. The molecule has 0 aromatic heterocycles. The van der Waals surface area contributed by atoms with Crippen molar-refractivity contribution < 1.29 is 4.79 Å². The van der Waals surface area contributed by atoms with Crippen LogP contribution in [0.1, 0.15) is 77.0 Å². The second-order valence-electron chi connectivity index (χ2n) is 4.92. The van der Waals surface area contributed by atoms with Crippen LogP contribution in [0, 0.1) is 0 Å². The van der Waals surface area contributed by atoms with E-state index in [1.165, 1.54) is 44.9 Å². The molecule has 1 aliphatic rings. The molecule has 0 bridgehead atoms. The van der Waals surface area contributed by atoms with Crippen molar-refractivity contribution in [1.29, 1.82) is 0 Å². The normalized spacial score (nSPS) is 22.4. The molecule has 0 spiro atoms. The number of rotatable bonds is 0. The number of hydrogen-bond acceptors (Lipinski definition) is 1. The van der Waals surface area contributed by atoms with E-state index >= 15 is 0 Å². The molecular weight excluding hydrogens is 196 g/mol. The van der Waals surface area contributed by atoms with Gasteiger partial charge in [-0.05, 0) is 32.1 Å². The van der Waals surface area contributed by atoms with Crippen molar-refractivity contribution in [2.45, 2.75) is 77.0 Å². The lowest BCUT2D eigenvalue weighted by atomic mass is 10.0. The molecule has 1 aliphatic carbocycles. The Morgan fingerprint density at radius 1 is 0.625 bits per heavy atom. The highest BCUT2D eigenvalue weighted by Gasteiger charge is 2.01. The molecule has 0 saturated heterocycles. The topological polar surface area (TPSA) is 17.1 Å². The molecule has 0 fully saturated rings. The van der Waals surface area contributed by atoms with Crippen LogP contribution in [0.2, 0.25) is 0 Å². The largest absolute Gasteiger partial charge is 0.300 e. The minimum atomic E-state index is 0.475. The van der Waals surface area contributed by atoms with Crippen molar-refractivity contribution in [1.82, 2.24) is 0 Å². The number of ketones is 1. The SMILES string of the molecule is O=C1CCCC=CCCCCCCCCC1. The predicted octanol–water partition coefficient (Wildman–Crippen LogP) is 4.81. The summed E-state index contributed by atoms with van der Waals surface area (Å²) in [7, 11) is 0. The first-order chi connectivity index (χ1) is 7.89. The summed E-state index contributed by atoms with van der Waals surface area (Å²) in [6.07, 6.45) is 18.7. The van der Waals surface area contributed by atoms with Crippen molar-refractivity contribution in [3.63, 3.8) is 0 Å². The van der Waals surface area contributed by atoms with Crippen LogP contribution < -0.4 is 0 Å². The molecule has 0 aliphatic heterocycles. The van der Waals surface area contributed by atoms with Gasteiger partial charge in [0.25, 0.3) is 0 Å². The second kappa shape index (κ2) is 9.62. The van der Waals surface area contributed by atoms with Gasteiger partial charge in [0, 0.05) is 12.8 Å². The summed E-state index contributed by atoms with van der Waals surface area (Å²) < 4.78 is 0. The maximum atomic E-state index is 11.5. The van der Waals surface area contributed by atoms with E-state index in [9.17, 15) is 4.79 Å². The molecule has 1 rings (SSSR count). The van der Waals surface area contributed by atoms with Gasteiger partial charge in [-0.3, -0.25) is 4.79 Å². The van der Waals surface area contributed by atoms with Gasteiger partial charge in [-0.15, -0.1) is 0 Å². The molecule has 0 N–H and O–H groups in total. The molecule has 16 heavy (non-hydrogen) atoms. The molecule has 1 nitrogen and oxygen atoms in total. The van der Waals surface area contributed by atoms with Gasteiger partial charge in [-0.1, -0.05) is 44.3 Å². The molecule has 0 radical (unpaired) electrons. The van der Waals surface area contributed by atoms with Gasteiger partial charge in [0.05, 0.1) is 0 Å². The second-order valence-corrected chi connectivity index (χ2v) is 4.92. The summed E-state index contributed by atoms with van der Waals surface area (Å²) >= 11 is 0. The lowest BCUT2D eigenvalue weighted by Crippen LogP contribution is -1.97. The molecule has 1 heteroatoms. The average Bonchev–Trinajstić information content (AvgIpc) is 2.29. The van der Waals surface area contributed by atoms with Crippen LogP contribution in [0.25, 0.3) is 0 Å². The lowest BCUT2D eigenvalue weighted by molar-refractivity contribution is -0.119. The van der Waals surface area contributed by atoms with Crippen LogP contribution in [0.5, 0.6) is 0 Å². The van der Waals surface area contributed by atoms with E-state index in [1.54, 1.807) is 0 Å². The minimum absolute atomic E-state index is 0.475. The molecule has 0 atom stereocenters. The van der Waals surface area contributed by atoms with E-state index in [2.05, 4.69) is 12.2 Å². The lowest BCUT2D eigenvalue weighted by Gasteiger charge is -2.01. The Kier molecular flexibility index (Phi) is 8.10. The summed E-state index contributed by atoms with van der Waals surface area (Å²) in [6, 6.07) is 0. The summed E-state index contributed by atoms with van der Waals surface area (Å²) in [5.41, 5.74) is 0. The predicted molar refractivity (Wildman–Crippen MR) is 69.6 cm³/mol. The Morgan fingerprint density at radius 2 is 1.12 bits per heavy atom. The average molecular weight is 222 g/mol. The van der Waals surface area contributed by atoms with Gasteiger partial charge >= 0.3 is 0 Å². The van der Waals surface area contributed by atoms with Crippen molar-refractivity contribution in [2.24, 2.45) is 0 Å². The summed E-state index contributed by atoms with van der Waals surface area (Å²) in [5, 5.41) is 0. The summed E-state index contributed by atoms with van der Waals surface area (Å²) in [5.74, 6) is 0.475. The molecule has 0 amide bonds. The fourth-order valence-corrected chi connectivity index (χ4v) is 2.25. The highest BCUT2D eigenvalue weighted by atomic mass is 16.1. The Hall–Kier alpha value is -0.590. The van der Waals surface area contributed by atoms with E-state index in [4.69, 9.17) is 0 Å². The molecular formula is C15H26O. The number of hydrogen-bond donors (Lipinski definition) is 0. The van der Waals surface area contributed by atoms with Crippen molar-refractivity contribution in [2.75, 3.05) is 0 Å². The third-order valence-electron chi connectivity index (χ3n) is 3.32. The summed E-state index contributed by atoms with van der Waals surface area (Å²) in [4.78, 5) is 11.5. The van der Waals surface area contributed by atoms with E-state index in [1.807, 2.05) is 0 Å². The Bertz CT molecular complexity index is 205. The van der Waals surface area contributed by atoms with Crippen molar-refractivity contribution >= 4 is 5.78 Å². The number of allylic oxidation sites excluding steroid dienone is 2. The number of Topliss-reactive ketones (excluding diaryl/α,β-unsaturated/α-hetero) is 1. The zero-order valence-corrected chi connectivity index (χ0v) is 10.5. The monoisotopic (exact) mass is 222 g/mol. The van der Waals surface area contributed by atoms with Crippen LogP contribution >= 0.6 is 0 Å². The van der Waals surface area contributed by atoms with Gasteiger partial charge in [0.1, 0.15) is 5.78 Å². The van der Waals surface area contributed by atoms with E-state index < -0.39 is 0 Å². The first-order valence-corrected chi connectivity index (χ1v) is 7.06. The molecule has 0 saturated carbocycles. The first-order valence-electron chi connectivity index (χ1n) is 7.06. The molecule has 92 valence electrons. The van der Waals surface area contributed by atoms with Crippen LogP contribution in [-0.2, 0) is 4.79 Å². The maximum absolute atomic E-state index is 11.5. The van der Waals surface area contributed by atoms with E-state index in [0.29, 0.717) is 5.78 Å². The Balaban J connectivity index is 2.20. The number of carbonyl (C=O) groups excluding carboxylic acids is 1. The van der Waals surface area contributed by atoms with E-state index in [-0.39, 0.29) is 0 Å². The highest BCUT2D eigenvalue weighted by molar-refractivity contribution is 5.78. The number of carbonyl (C=O) groups is 1. The fraction of sp³-hybridized carbons (Fsp3) is 0.800. The first kappa shape index (κ1) is 13.5. The smallest absolute Gasteiger partial charge is 0.132 e. The van der Waals surface area contributed by atoms with Gasteiger partial charge in [-0.2, -0.15) is 0 Å². The van der Waals surface area contributed by atoms with Crippen LogP contribution in [0.4, 0.5) is 0 Å². The zero-order valence-electron chi connectivity index (χ0n) is 10.5. The van der Waals surface area contributed by atoms with Crippen molar-refractivity contribution in [3.8, 4) is 0 Å². The Labute approximate surface area is 100 Å². The maximum Gasteiger partial charge on any atom is 0.132 e. The molecule has 0 heterocycles. The van der Waals surface area contributed by atoms with Crippen molar-refractivity contribution in [3.05, 3.63) is 12.2 Å². The van der Waals surface area contributed by atoms with Crippen LogP contribution in [0.15, 0.2) is 12.2 Å². The molecule has 0 aromatic rings. The fourth-order valence-electron chi connectivity index (χ4n) is 2.25. The minimum Gasteiger partial charge on any atom is -0.300 e. The quantitative estimate of drug-likeness (QED) is 0.538. The van der Waals surface area contributed by atoms with Crippen LogP contribution in [0.3, 0.4) is 0 Å². The van der Waals surface area contributed by atoms with Gasteiger partial charge in [0.2, 0.25) is 0 Å². The van der Waals surface area contributed by atoms with Crippen LogP contribution in [-0.4, -0.2) is 5.78 Å². The Morgan fingerprint density at radius 3 is 1.88 bits per heavy atom. The highest BCUT2D eigenvalue weighted by Crippen LogP contribution is 2.12. The molecule has 0 unspecified atom stereocenters.